The fraction of sp³-hybridized carbons (Fsp3) is 0.393. The molecule has 4 nitrogen and oxygen atoms in total. The van der Waals surface area contributed by atoms with E-state index in [1.54, 1.807) is 0 Å². The molecule has 1 aromatic heterocycles. The number of amides is 1. The van der Waals surface area contributed by atoms with Crippen LogP contribution in [0.4, 0.5) is 0 Å². The average Bonchev–Trinajstić information content (AvgIpc) is 2.99. The Hall–Kier alpha value is -2.72. The van der Waals surface area contributed by atoms with Crippen LogP contribution in [-0.4, -0.2) is 21.7 Å². The Morgan fingerprint density at radius 3 is 2.82 bits per heavy atom. The van der Waals surface area contributed by atoms with Gasteiger partial charge >= 0.3 is 0 Å². The van der Waals surface area contributed by atoms with E-state index in [1.807, 2.05) is 24.6 Å². The number of allylic oxidation sites excluding steroid dienone is 5. The molecule has 5 heteroatoms. The fourth-order valence-corrected chi connectivity index (χ4v) is 5.33. The summed E-state index contributed by atoms with van der Waals surface area (Å²) in [6, 6.07) is 8.45. The topological polar surface area (TPSA) is 46.9 Å². The fourth-order valence-electron chi connectivity index (χ4n) is 5.12. The minimum absolute atomic E-state index is 0.00814. The van der Waals surface area contributed by atoms with Crippen LogP contribution < -0.4 is 5.32 Å². The SMILES string of the molecule is C=C1C=CC(Cn2nc(C(=O)NC3CCC3)c3c2C(Cc2cccc(Cl)c2)CCCC3)=C[CH+]1. The van der Waals surface area contributed by atoms with E-state index in [-0.39, 0.29) is 5.91 Å². The summed E-state index contributed by atoms with van der Waals surface area (Å²) in [5.41, 5.74) is 6.40. The van der Waals surface area contributed by atoms with Crippen LogP contribution in [0, 0.1) is 6.42 Å². The highest BCUT2D eigenvalue weighted by Crippen LogP contribution is 2.36. The molecule has 0 saturated heterocycles. The molecule has 1 unspecified atom stereocenters. The van der Waals surface area contributed by atoms with Crippen molar-refractivity contribution in [2.24, 2.45) is 0 Å². The first-order valence-electron chi connectivity index (χ1n) is 12.1. The van der Waals surface area contributed by atoms with Gasteiger partial charge in [0.2, 0.25) is 0 Å². The summed E-state index contributed by atoms with van der Waals surface area (Å²) in [4.78, 5) is 13.2. The number of fused-ring (bicyclic) bond motifs is 1. The lowest BCUT2D eigenvalue weighted by Crippen LogP contribution is -2.40. The maximum absolute atomic E-state index is 13.2. The van der Waals surface area contributed by atoms with Crippen LogP contribution in [0.25, 0.3) is 0 Å². The van der Waals surface area contributed by atoms with Crippen molar-refractivity contribution in [1.29, 1.82) is 0 Å². The summed E-state index contributed by atoms with van der Waals surface area (Å²) in [5.74, 6) is 0.303. The van der Waals surface area contributed by atoms with E-state index < -0.39 is 0 Å². The van der Waals surface area contributed by atoms with Crippen LogP contribution in [0.5, 0.6) is 0 Å². The molecule has 1 N–H and O–H groups in total. The zero-order valence-electron chi connectivity index (χ0n) is 19.0. The molecule has 1 heterocycles. The van der Waals surface area contributed by atoms with E-state index in [4.69, 9.17) is 16.7 Å². The van der Waals surface area contributed by atoms with Gasteiger partial charge in [-0.2, -0.15) is 5.10 Å². The number of nitrogens with one attached hydrogen (secondary N) is 1. The third kappa shape index (κ3) is 4.96. The van der Waals surface area contributed by atoms with Crippen LogP contribution in [-0.2, 0) is 19.4 Å². The van der Waals surface area contributed by atoms with Crippen molar-refractivity contribution in [3.05, 3.63) is 94.2 Å². The van der Waals surface area contributed by atoms with Crippen LogP contribution in [0.2, 0.25) is 5.02 Å². The molecule has 3 aliphatic rings. The Bertz CT molecular complexity index is 1120. The molecular weight excluding hydrogens is 430 g/mol. The van der Waals surface area contributed by atoms with Gasteiger partial charge in [0, 0.05) is 58.5 Å². The van der Waals surface area contributed by atoms with E-state index in [0.29, 0.717) is 24.2 Å². The Morgan fingerprint density at radius 1 is 1.21 bits per heavy atom. The van der Waals surface area contributed by atoms with Gasteiger partial charge in [-0.15, -0.1) is 0 Å². The van der Waals surface area contributed by atoms with Gasteiger partial charge in [0.05, 0.1) is 12.1 Å². The molecule has 5 rings (SSSR count). The summed E-state index contributed by atoms with van der Waals surface area (Å²) in [7, 11) is 0. The molecule has 1 aromatic carbocycles. The van der Waals surface area contributed by atoms with Crippen molar-refractivity contribution in [3.8, 4) is 0 Å². The third-order valence-corrected chi connectivity index (χ3v) is 7.33. The molecule has 1 atom stereocenters. The summed E-state index contributed by atoms with van der Waals surface area (Å²) >= 11 is 6.28. The lowest BCUT2D eigenvalue weighted by Gasteiger charge is -2.26. The summed E-state index contributed by atoms with van der Waals surface area (Å²) in [6.45, 7) is 4.66. The molecule has 0 bridgehead atoms. The molecule has 0 aliphatic heterocycles. The van der Waals surface area contributed by atoms with Crippen LogP contribution >= 0.6 is 11.6 Å². The van der Waals surface area contributed by atoms with Crippen molar-refractivity contribution in [3.63, 3.8) is 0 Å². The van der Waals surface area contributed by atoms with E-state index in [0.717, 1.165) is 61.1 Å². The van der Waals surface area contributed by atoms with Crippen molar-refractivity contribution in [2.45, 2.75) is 69.9 Å². The highest BCUT2D eigenvalue weighted by atomic mass is 35.5. The maximum Gasteiger partial charge on any atom is 0.272 e. The number of hydrogen-bond donors (Lipinski definition) is 1. The van der Waals surface area contributed by atoms with Gasteiger partial charge < -0.3 is 5.32 Å². The predicted molar refractivity (Wildman–Crippen MR) is 133 cm³/mol. The number of benzene rings is 1. The van der Waals surface area contributed by atoms with Gasteiger partial charge in [-0.3, -0.25) is 9.48 Å². The molecule has 0 radical (unpaired) electrons. The monoisotopic (exact) mass is 460 g/mol. The average molecular weight is 461 g/mol. The van der Waals surface area contributed by atoms with E-state index >= 15 is 0 Å². The Labute approximate surface area is 201 Å². The summed E-state index contributed by atoms with van der Waals surface area (Å²) < 4.78 is 2.10. The smallest absolute Gasteiger partial charge is 0.272 e. The third-order valence-electron chi connectivity index (χ3n) is 7.09. The van der Waals surface area contributed by atoms with Crippen molar-refractivity contribution in [1.82, 2.24) is 15.1 Å². The van der Waals surface area contributed by atoms with Gasteiger partial charge in [0.1, 0.15) is 0 Å². The molecule has 2 aromatic rings. The Balaban J connectivity index is 1.51. The molecule has 3 aliphatic carbocycles. The molecule has 33 heavy (non-hydrogen) atoms. The number of nitrogens with zero attached hydrogens (tertiary/aromatic N) is 2. The van der Waals surface area contributed by atoms with Crippen molar-refractivity contribution in [2.75, 3.05) is 0 Å². The Kier molecular flexibility index (Phi) is 6.45. The summed E-state index contributed by atoms with van der Waals surface area (Å²) in [6.07, 6.45) is 16.8. The first kappa shape index (κ1) is 22.1. The summed E-state index contributed by atoms with van der Waals surface area (Å²) in [5, 5.41) is 8.92. The molecule has 0 spiro atoms. The largest absolute Gasteiger partial charge is 0.348 e. The van der Waals surface area contributed by atoms with Gasteiger partial charge in [0.15, 0.2) is 5.69 Å². The van der Waals surface area contributed by atoms with Gasteiger partial charge in [-0.1, -0.05) is 30.2 Å². The second-order valence-electron chi connectivity index (χ2n) is 9.56. The number of carbonyl (C=O) groups is 1. The quantitative estimate of drug-likeness (QED) is 0.416. The zero-order valence-corrected chi connectivity index (χ0v) is 19.8. The Morgan fingerprint density at radius 2 is 2.09 bits per heavy atom. The van der Waals surface area contributed by atoms with Gasteiger partial charge in [0.25, 0.3) is 5.91 Å². The van der Waals surface area contributed by atoms with Crippen molar-refractivity contribution < 1.29 is 4.79 Å². The lowest BCUT2D eigenvalue weighted by molar-refractivity contribution is 0.0910. The standard InChI is InChI=1S/C28H30ClN3O/c1-19-12-14-20(15-13-19)18-32-27-22(16-21-6-4-8-23(29)17-21)7-2-3-11-25(27)26(31-32)28(33)30-24-9-5-10-24/h4,6,8,12-15,17,22,24H,1-3,5,7,9-11,16,18H2/p+1. The molecule has 1 fully saturated rings. The number of rotatable bonds is 6. The van der Waals surface area contributed by atoms with Gasteiger partial charge in [-0.25, -0.2) is 0 Å². The zero-order chi connectivity index (χ0) is 22.8. The normalized spacial score (nSPS) is 20.3. The predicted octanol–water partition coefficient (Wildman–Crippen LogP) is 6.13. The second-order valence-corrected chi connectivity index (χ2v) is 10.0. The first-order chi connectivity index (χ1) is 16.1. The molecular formula is C28H31ClN3O+. The van der Waals surface area contributed by atoms with Crippen molar-refractivity contribution >= 4 is 17.5 Å². The number of hydrogen-bond acceptors (Lipinski definition) is 2. The highest BCUT2D eigenvalue weighted by Gasteiger charge is 2.32. The minimum atomic E-state index is -0.00814. The first-order valence-corrected chi connectivity index (χ1v) is 12.5. The molecule has 1 saturated carbocycles. The second kappa shape index (κ2) is 9.64. The molecule has 1 amide bonds. The van der Waals surface area contributed by atoms with Crippen LogP contribution in [0.1, 0.15) is 71.8 Å². The van der Waals surface area contributed by atoms with E-state index in [2.05, 4.69) is 40.9 Å². The van der Waals surface area contributed by atoms with Crippen LogP contribution in [0.3, 0.4) is 0 Å². The molecule has 170 valence electrons. The lowest BCUT2D eigenvalue weighted by atomic mass is 9.90. The van der Waals surface area contributed by atoms with Crippen LogP contribution in [0.15, 0.2) is 60.2 Å². The van der Waals surface area contributed by atoms with E-state index in [9.17, 15) is 4.79 Å². The number of aromatic nitrogens is 2. The number of halogens is 1. The van der Waals surface area contributed by atoms with Gasteiger partial charge in [-0.05, 0) is 69.2 Å². The highest BCUT2D eigenvalue weighted by molar-refractivity contribution is 6.30. The minimum Gasteiger partial charge on any atom is -0.348 e. The maximum atomic E-state index is 13.2. The number of carbonyl (C=O) groups excluding carboxylic acids is 1. The van der Waals surface area contributed by atoms with E-state index in [1.165, 1.54) is 23.3 Å².